The average molecular weight is 458 g/mol. The smallest absolute Gasteiger partial charge is 0.322 e. The average Bonchev–Trinajstić information content (AvgIpc) is 3.27. The highest BCUT2D eigenvalue weighted by Gasteiger charge is 2.17. The van der Waals surface area contributed by atoms with Gasteiger partial charge in [-0.25, -0.2) is 4.79 Å². The molecule has 5 heteroatoms. The van der Waals surface area contributed by atoms with Crippen molar-refractivity contribution in [1.29, 1.82) is 0 Å². The molecule has 33 heavy (non-hydrogen) atoms. The lowest BCUT2D eigenvalue weighted by Crippen LogP contribution is -2.34. The number of hydrogen-bond acceptors (Lipinski definition) is 1. The largest absolute Gasteiger partial charge is 0.345 e. The summed E-state index contributed by atoms with van der Waals surface area (Å²) < 4.78 is 2.17. The van der Waals surface area contributed by atoms with E-state index in [2.05, 4.69) is 35.0 Å². The van der Waals surface area contributed by atoms with Crippen LogP contribution in [0.4, 0.5) is 10.5 Å². The van der Waals surface area contributed by atoms with E-state index in [0.29, 0.717) is 13.1 Å². The summed E-state index contributed by atoms with van der Waals surface area (Å²) in [6, 6.07) is 29.9. The molecule has 2 amide bonds. The molecular weight excluding hydrogens is 430 g/mol. The van der Waals surface area contributed by atoms with E-state index in [0.717, 1.165) is 40.5 Å². The Balaban J connectivity index is 1.53. The molecule has 0 saturated carbocycles. The van der Waals surface area contributed by atoms with Crippen LogP contribution in [0.3, 0.4) is 0 Å². The minimum atomic E-state index is -0.123. The Morgan fingerprint density at radius 2 is 1.52 bits per heavy atom. The Kier molecular flexibility index (Phi) is 7.48. The lowest BCUT2D eigenvalue weighted by atomic mass is 10.1. The van der Waals surface area contributed by atoms with Crippen LogP contribution in [0.5, 0.6) is 0 Å². The summed E-state index contributed by atoms with van der Waals surface area (Å²) in [5.41, 5.74) is 5.36. The SMILES string of the molecule is CCc1ccc(NC(=O)N(Cc2ccccc2)Cc2cccn2Cc2ccc(Cl)cc2)cc1. The molecule has 0 aliphatic carbocycles. The standard InChI is InChI=1S/C28H28ClN3O/c1-2-22-12-16-26(17-13-22)30-28(33)32(20-23-7-4-3-5-8-23)21-27-9-6-18-31(27)19-24-10-14-25(29)15-11-24/h3-18H,2,19-21H2,1H3,(H,30,33). The van der Waals surface area contributed by atoms with Gasteiger partial charge in [0.1, 0.15) is 0 Å². The Hall–Kier alpha value is -3.50. The minimum Gasteiger partial charge on any atom is -0.345 e. The summed E-state index contributed by atoms with van der Waals surface area (Å²) in [5, 5.41) is 3.79. The first-order valence-electron chi connectivity index (χ1n) is 11.2. The molecule has 0 spiro atoms. The quantitative estimate of drug-likeness (QED) is 0.304. The van der Waals surface area contributed by atoms with E-state index < -0.39 is 0 Å². The molecule has 0 atom stereocenters. The maximum absolute atomic E-state index is 13.3. The van der Waals surface area contributed by atoms with Gasteiger partial charge in [0.05, 0.1) is 6.54 Å². The monoisotopic (exact) mass is 457 g/mol. The third-order valence-corrected chi connectivity index (χ3v) is 5.91. The summed E-state index contributed by atoms with van der Waals surface area (Å²) in [4.78, 5) is 15.1. The first-order valence-corrected chi connectivity index (χ1v) is 11.6. The van der Waals surface area contributed by atoms with Gasteiger partial charge in [-0.05, 0) is 59.5 Å². The predicted octanol–water partition coefficient (Wildman–Crippen LogP) is 6.99. The molecule has 0 aliphatic rings. The molecule has 0 aliphatic heterocycles. The van der Waals surface area contributed by atoms with Gasteiger partial charge >= 0.3 is 6.03 Å². The number of halogens is 1. The molecule has 1 aromatic heterocycles. The van der Waals surface area contributed by atoms with E-state index in [-0.39, 0.29) is 6.03 Å². The fourth-order valence-corrected chi connectivity index (χ4v) is 3.88. The molecular formula is C28H28ClN3O. The van der Waals surface area contributed by atoms with E-state index in [1.54, 1.807) is 0 Å². The van der Waals surface area contributed by atoms with Crippen LogP contribution in [-0.2, 0) is 26.1 Å². The second-order valence-electron chi connectivity index (χ2n) is 8.08. The Morgan fingerprint density at radius 3 is 2.21 bits per heavy atom. The number of anilines is 1. The fourth-order valence-electron chi connectivity index (χ4n) is 3.76. The minimum absolute atomic E-state index is 0.123. The van der Waals surface area contributed by atoms with E-state index in [1.165, 1.54) is 5.56 Å². The van der Waals surface area contributed by atoms with Crippen LogP contribution in [-0.4, -0.2) is 15.5 Å². The van der Waals surface area contributed by atoms with Gasteiger partial charge in [-0.1, -0.05) is 73.1 Å². The van der Waals surface area contributed by atoms with Crippen molar-refractivity contribution in [3.05, 3.63) is 125 Å². The molecule has 0 bridgehead atoms. The number of carbonyl (C=O) groups excluding carboxylic acids is 1. The van der Waals surface area contributed by atoms with Gasteiger partial charge in [0.15, 0.2) is 0 Å². The van der Waals surface area contributed by atoms with Gasteiger partial charge < -0.3 is 14.8 Å². The van der Waals surface area contributed by atoms with Crippen LogP contribution < -0.4 is 5.32 Å². The number of amides is 2. The van der Waals surface area contributed by atoms with E-state index in [1.807, 2.05) is 83.9 Å². The third kappa shape index (κ3) is 6.27. The van der Waals surface area contributed by atoms with Gasteiger partial charge in [-0.15, -0.1) is 0 Å². The molecule has 168 valence electrons. The van der Waals surface area contributed by atoms with Crippen molar-refractivity contribution in [3.63, 3.8) is 0 Å². The normalized spacial score (nSPS) is 10.7. The summed E-state index contributed by atoms with van der Waals surface area (Å²) in [6.07, 6.45) is 3.02. The second-order valence-corrected chi connectivity index (χ2v) is 8.51. The number of hydrogen-bond donors (Lipinski definition) is 1. The topological polar surface area (TPSA) is 37.3 Å². The Morgan fingerprint density at radius 1 is 0.818 bits per heavy atom. The first kappa shape index (κ1) is 22.7. The second kappa shape index (κ2) is 10.9. The molecule has 0 unspecified atom stereocenters. The number of rotatable bonds is 8. The zero-order valence-electron chi connectivity index (χ0n) is 18.7. The first-order chi connectivity index (χ1) is 16.1. The molecule has 4 aromatic rings. The van der Waals surface area contributed by atoms with Crippen LogP contribution in [0.25, 0.3) is 0 Å². The van der Waals surface area contributed by atoms with Crippen molar-refractivity contribution in [2.45, 2.75) is 33.0 Å². The van der Waals surface area contributed by atoms with Crippen LogP contribution in [0.1, 0.15) is 29.3 Å². The van der Waals surface area contributed by atoms with E-state index in [4.69, 9.17) is 11.6 Å². The Labute approximate surface area is 200 Å². The molecule has 0 radical (unpaired) electrons. The summed E-state index contributed by atoms with van der Waals surface area (Å²) in [6.45, 7) is 3.85. The Bertz CT molecular complexity index is 1170. The number of aryl methyl sites for hydroxylation is 1. The van der Waals surface area contributed by atoms with Crippen LogP contribution >= 0.6 is 11.6 Å². The lowest BCUT2D eigenvalue weighted by Gasteiger charge is -2.24. The molecule has 3 aromatic carbocycles. The van der Waals surface area contributed by atoms with Crippen molar-refractivity contribution < 1.29 is 4.79 Å². The molecule has 1 heterocycles. The van der Waals surface area contributed by atoms with Crippen molar-refractivity contribution in [3.8, 4) is 0 Å². The highest BCUT2D eigenvalue weighted by atomic mass is 35.5. The van der Waals surface area contributed by atoms with Gasteiger partial charge in [-0.3, -0.25) is 0 Å². The van der Waals surface area contributed by atoms with Crippen molar-refractivity contribution >= 4 is 23.3 Å². The molecule has 4 rings (SSSR count). The number of aromatic nitrogens is 1. The van der Waals surface area contributed by atoms with Gasteiger partial charge in [-0.2, -0.15) is 0 Å². The molecule has 1 N–H and O–H groups in total. The summed E-state index contributed by atoms with van der Waals surface area (Å²) in [7, 11) is 0. The van der Waals surface area contributed by atoms with Crippen molar-refractivity contribution in [1.82, 2.24) is 9.47 Å². The zero-order valence-corrected chi connectivity index (χ0v) is 19.5. The van der Waals surface area contributed by atoms with Crippen molar-refractivity contribution in [2.24, 2.45) is 0 Å². The third-order valence-electron chi connectivity index (χ3n) is 5.66. The van der Waals surface area contributed by atoms with E-state index >= 15 is 0 Å². The molecule has 4 nitrogen and oxygen atoms in total. The number of carbonyl (C=O) groups is 1. The van der Waals surface area contributed by atoms with E-state index in [9.17, 15) is 4.79 Å². The maximum Gasteiger partial charge on any atom is 0.322 e. The summed E-state index contributed by atoms with van der Waals surface area (Å²) in [5.74, 6) is 0. The highest BCUT2D eigenvalue weighted by molar-refractivity contribution is 6.30. The number of urea groups is 1. The van der Waals surface area contributed by atoms with Gasteiger partial charge in [0.2, 0.25) is 0 Å². The number of nitrogens with one attached hydrogen (secondary N) is 1. The van der Waals surface area contributed by atoms with Gasteiger partial charge in [0, 0.05) is 35.7 Å². The molecule has 0 fully saturated rings. The maximum atomic E-state index is 13.3. The van der Waals surface area contributed by atoms with Crippen molar-refractivity contribution in [2.75, 3.05) is 5.32 Å². The summed E-state index contributed by atoms with van der Waals surface area (Å²) >= 11 is 6.03. The number of nitrogens with zero attached hydrogens (tertiary/aromatic N) is 2. The fraction of sp³-hybridized carbons (Fsp3) is 0.179. The zero-order chi connectivity index (χ0) is 23.0. The predicted molar refractivity (Wildman–Crippen MR) is 136 cm³/mol. The molecule has 0 saturated heterocycles. The van der Waals surface area contributed by atoms with Crippen LogP contribution in [0, 0.1) is 0 Å². The van der Waals surface area contributed by atoms with Gasteiger partial charge in [0.25, 0.3) is 0 Å². The number of benzene rings is 3. The van der Waals surface area contributed by atoms with Crippen LogP contribution in [0.2, 0.25) is 5.02 Å². The lowest BCUT2D eigenvalue weighted by molar-refractivity contribution is 0.205. The van der Waals surface area contributed by atoms with Crippen LogP contribution in [0.15, 0.2) is 97.2 Å². The highest BCUT2D eigenvalue weighted by Crippen LogP contribution is 2.17.